The molecule has 5 heterocycles. The highest BCUT2D eigenvalue weighted by Crippen LogP contribution is 2.31. The van der Waals surface area contributed by atoms with Crippen molar-refractivity contribution in [3.63, 3.8) is 0 Å². The molecule has 164 valence electrons. The van der Waals surface area contributed by atoms with Crippen LogP contribution in [0.15, 0.2) is 48.9 Å². The SMILES string of the molecule is CCCCc1ccc(-c2n[nH]c3cnc(-c4cccnc4)cc23)nc1N1CCC[C@H](N)C1. The minimum absolute atomic E-state index is 0.201. The van der Waals surface area contributed by atoms with Gasteiger partial charge in [0.15, 0.2) is 0 Å². The predicted octanol–water partition coefficient (Wildman–Crippen LogP) is 4.35. The summed E-state index contributed by atoms with van der Waals surface area (Å²) in [5.41, 5.74) is 12.0. The number of fused-ring (bicyclic) bond motifs is 1. The van der Waals surface area contributed by atoms with Crippen LogP contribution in [0.3, 0.4) is 0 Å². The van der Waals surface area contributed by atoms with Gasteiger partial charge in [0.25, 0.3) is 0 Å². The molecule has 1 aliphatic rings. The van der Waals surface area contributed by atoms with Gasteiger partial charge >= 0.3 is 0 Å². The highest BCUT2D eigenvalue weighted by Gasteiger charge is 2.22. The zero-order valence-corrected chi connectivity index (χ0v) is 18.5. The molecule has 1 fully saturated rings. The van der Waals surface area contributed by atoms with Crippen molar-refractivity contribution in [2.75, 3.05) is 18.0 Å². The molecule has 0 saturated carbocycles. The lowest BCUT2D eigenvalue weighted by molar-refractivity contribution is 0.502. The van der Waals surface area contributed by atoms with Crippen molar-refractivity contribution in [2.45, 2.75) is 45.1 Å². The number of piperidine rings is 1. The second-order valence-corrected chi connectivity index (χ2v) is 8.56. The van der Waals surface area contributed by atoms with Crippen molar-refractivity contribution >= 4 is 16.7 Å². The maximum atomic E-state index is 6.29. The molecule has 5 rings (SSSR count). The molecule has 7 heteroatoms. The lowest BCUT2D eigenvalue weighted by atomic mass is 10.0. The lowest BCUT2D eigenvalue weighted by Gasteiger charge is -2.33. The van der Waals surface area contributed by atoms with Crippen molar-refractivity contribution in [2.24, 2.45) is 5.73 Å². The number of aromatic nitrogens is 5. The van der Waals surface area contributed by atoms with Crippen LogP contribution in [0.1, 0.15) is 38.2 Å². The smallest absolute Gasteiger partial charge is 0.132 e. The Morgan fingerprint density at radius 3 is 2.94 bits per heavy atom. The molecule has 0 amide bonds. The van der Waals surface area contributed by atoms with Crippen molar-refractivity contribution in [1.29, 1.82) is 0 Å². The second kappa shape index (κ2) is 9.04. The third-order valence-corrected chi connectivity index (χ3v) is 6.16. The number of aromatic amines is 1. The minimum atomic E-state index is 0.201. The van der Waals surface area contributed by atoms with Crippen LogP contribution in [0.5, 0.6) is 0 Å². The molecule has 4 aromatic rings. The summed E-state index contributed by atoms with van der Waals surface area (Å²) in [6.45, 7) is 4.08. The molecule has 4 aromatic heterocycles. The molecule has 7 nitrogen and oxygen atoms in total. The van der Waals surface area contributed by atoms with Gasteiger partial charge in [0.05, 0.1) is 23.1 Å². The molecule has 0 radical (unpaired) electrons. The molecule has 1 aliphatic heterocycles. The number of hydrogen-bond acceptors (Lipinski definition) is 6. The number of pyridine rings is 3. The number of unbranched alkanes of at least 4 members (excludes halogenated alkanes) is 1. The Balaban J connectivity index is 1.57. The van der Waals surface area contributed by atoms with E-state index in [0.717, 1.165) is 84.6 Å². The summed E-state index contributed by atoms with van der Waals surface area (Å²) in [6.07, 6.45) is 10.9. The summed E-state index contributed by atoms with van der Waals surface area (Å²) in [4.78, 5) is 16.3. The van der Waals surface area contributed by atoms with E-state index in [-0.39, 0.29) is 6.04 Å². The maximum absolute atomic E-state index is 6.29. The number of rotatable bonds is 6. The predicted molar refractivity (Wildman–Crippen MR) is 128 cm³/mol. The number of nitrogens with one attached hydrogen (secondary N) is 1. The van der Waals surface area contributed by atoms with E-state index in [1.807, 2.05) is 24.5 Å². The highest BCUT2D eigenvalue weighted by molar-refractivity contribution is 5.93. The van der Waals surface area contributed by atoms with E-state index in [9.17, 15) is 0 Å². The van der Waals surface area contributed by atoms with Crippen molar-refractivity contribution in [3.8, 4) is 22.6 Å². The van der Waals surface area contributed by atoms with Crippen LogP contribution in [0, 0.1) is 0 Å². The monoisotopic (exact) mass is 427 g/mol. The van der Waals surface area contributed by atoms with Gasteiger partial charge in [0, 0.05) is 42.5 Å². The fourth-order valence-electron chi connectivity index (χ4n) is 4.43. The lowest BCUT2D eigenvalue weighted by Crippen LogP contribution is -2.43. The second-order valence-electron chi connectivity index (χ2n) is 8.56. The first-order chi connectivity index (χ1) is 15.7. The van der Waals surface area contributed by atoms with E-state index >= 15 is 0 Å². The molecular weight excluding hydrogens is 398 g/mol. The number of nitrogens with two attached hydrogens (primary N) is 1. The van der Waals surface area contributed by atoms with E-state index in [0.29, 0.717) is 0 Å². The number of H-pyrrole nitrogens is 1. The number of aryl methyl sites for hydroxylation is 1. The fraction of sp³-hybridized carbons (Fsp3) is 0.360. The topological polar surface area (TPSA) is 96.6 Å². The number of nitrogens with zero attached hydrogens (tertiary/aromatic N) is 5. The number of anilines is 1. The van der Waals surface area contributed by atoms with Gasteiger partial charge in [-0.15, -0.1) is 0 Å². The summed E-state index contributed by atoms with van der Waals surface area (Å²) in [7, 11) is 0. The van der Waals surface area contributed by atoms with E-state index in [1.54, 1.807) is 6.20 Å². The van der Waals surface area contributed by atoms with Crippen LogP contribution in [-0.2, 0) is 6.42 Å². The van der Waals surface area contributed by atoms with Crippen LogP contribution in [-0.4, -0.2) is 44.3 Å². The molecule has 0 aromatic carbocycles. The van der Waals surface area contributed by atoms with Crippen LogP contribution < -0.4 is 10.6 Å². The first-order valence-electron chi connectivity index (χ1n) is 11.5. The van der Waals surface area contributed by atoms with Gasteiger partial charge in [-0.05, 0) is 55.5 Å². The van der Waals surface area contributed by atoms with E-state index in [4.69, 9.17) is 10.7 Å². The highest BCUT2D eigenvalue weighted by atomic mass is 15.2. The Morgan fingerprint density at radius 1 is 1.19 bits per heavy atom. The maximum Gasteiger partial charge on any atom is 0.132 e. The normalized spacial score (nSPS) is 16.6. The summed E-state index contributed by atoms with van der Waals surface area (Å²) in [5.74, 6) is 1.06. The summed E-state index contributed by atoms with van der Waals surface area (Å²) < 4.78 is 0. The third-order valence-electron chi connectivity index (χ3n) is 6.16. The molecule has 0 spiro atoms. The summed E-state index contributed by atoms with van der Waals surface area (Å²) >= 11 is 0. The molecule has 0 unspecified atom stereocenters. The van der Waals surface area contributed by atoms with Gasteiger partial charge in [0.1, 0.15) is 11.5 Å². The molecule has 1 saturated heterocycles. The molecule has 1 atom stereocenters. The van der Waals surface area contributed by atoms with Gasteiger partial charge in [-0.3, -0.25) is 15.1 Å². The van der Waals surface area contributed by atoms with Gasteiger partial charge < -0.3 is 10.6 Å². The van der Waals surface area contributed by atoms with E-state index < -0.39 is 0 Å². The van der Waals surface area contributed by atoms with E-state index in [1.165, 1.54) is 5.56 Å². The average molecular weight is 428 g/mol. The Labute approximate surface area is 188 Å². The number of hydrogen-bond donors (Lipinski definition) is 2. The standard InChI is InChI=1S/C25H29N7/c1-2-3-6-17-9-10-21(29-25(17)32-12-5-8-19(26)16-32)24-20-13-22(18-7-4-11-27-14-18)28-15-23(20)30-31-24/h4,7,9-11,13-15,19H,2-3,5-6,8,12,16,26H2,1H3,(H,30,31)/t19-/m0/s1. The van der Waals surface area contributed by atoms with Crippen LogP contribution >= 0.6 is 0 Å². The van der Waals surface area contributed by atoms with Crippen LogP contribution in [0.4, 0.5) is 5.82 Å². The molecule has 0 bridgehead atoms. The van der Waals surface area contributed by atoms with Gasteiger partial charge in [-0.25, -0.2) is 4.98 Å². The zero-order valence-electron chi connectivity index (χ0n) is 18.5. The Morgan fingerprint density at radius 2 is 2.12 bits per heavy atom. The van der Waals surface area contributed by atoms with Crippen molar-refractivity contribution in [1.82, 2.24) is 25.1 Å². The van der Waals surface area contributed by atoms with Gasteiger partial charge in [-0.2, -0.15) is 5.10 Å². The van der Waals surface area contributed by atoms with Gasteiger partial charge in [-0.1, -0.05) is 19.4 Å². The summed E-state index contributed by atoms with van der Waals surface area (Å²) in [5, 5.41) is 8.73. The molecule has 32 heavy (non-hydrogen) atoms. The Kier molecular flexibility index (Phi) is 5.81. The average Bonchev–Trinajstić information content (AvgIpc) is 3.26. The minimum Gasteiger partial charge on any atom is -0.355 e. The molecule has 3 N–H and O–H groups in total. The first kappa shape index (κ1) is 20.6. The van der Waals surface area contributed by atoms with E-state index in [2.05, 4.69) is 50.2 Å². The Bertz CT molecular complexity index is 1200. The van der Waals surface area contributed by atoms with Crippen molar-refractivity contribution < 1.29 is 0 Å². The van der Waals surface area contributed by atoms with Crippen LogP contribution in [0.25, 0.3) is 33.5 Å². The molecular formula is C25H29N7. The first-order valence-corrected chi connectivity index (χ1v) is 11.5. The quantitative estimate of drug-likeness (QED) is 0.475. The zero-order chi connectivity index (χ0) is 21.9. The molecule has 0 aliphatic carbocycles. The van der Waals surface area contributed by atoms with Crippen molar-refractivity contribution in [3.05, 3.63) is 54.5 Å². The third kappa shape index (κ3) is 4.08. The summed E-state index contributed by atoms with van der Waals surface area (Å²) in [6, 6.07) is 10.5. The Hall–Kier alpha value is -3.32. The fourth-order valence-corrected chi connectivity index (χ4v) is 4.43. The van der Waals surface area contributed by atoms with Gasteiger partial charge in [0.2, 0.25) is 0 Å². The largest absolute Gasteiger partial charge is 0.355 e. The van der Waals surface area contributed by atoms with Crippen LogP contribution in [0.2, 0.25) is 0 Å².